The van der Waals surface area contributed by atoms with Crippen LogP contribution in [0.15, 0.2) is 36.9 Å². The maximum Gasteiger partial charge on any atom is 0.416 e. The van der Waals surface area contributed by atoms with Gasteiger partial charge in [0.1, 0.15) is 0 Å². The zero-order valence-electron chi connectivity index (χ0n) is 12.1. The van der Waals surface area contributed by atoms with Gasteiger partial charge in [0.05, 0.1) is 5.56 Å². The highest BCUT2D eigenvalue weighted by molar-refractivity contribution is 5.89. The number of urea groups is 1. The van der Waals surface area contributed by atoms with Gasteiger partial charge >= 0.3 is 12.2 Å². The SMILES string of the molecule is C=CCN1CCN(C(=O)Nc2cccc(C(F)(F)F)c2)CC1. The second-order valence-corrected chi connectivity index (χ2v) is 5.09. The van der Waals surface area contributed by atoms with Gasteiger partial charge in [-0.2, -0.15) is 13.2 Å². The van der Waals surface area contributed by atoms with Crippen molar-refractivity contribution >= 4 is 11.7 Å². The maximum atomic E-state index is 12.6. The minimum Gasteiger partial charge on any atom is -0.322 e. The Bertz CT molecular complexity index is 537. The van der Waals surface area contributed by atoms with Crippen LogP contribution in [0.5, 0.6) is 0 Å². The average Bonchev–Trinajstić information content (AvgIpc) is 2.48. The van der Waals surface area contributed by atoms with E-state index in [1.54, 1.807) is 11.0 Å². The van der Waals surface area contributed by atoms with Crippen molar-refractivity contribution in [2.24, 2.45) is 0 Å². The zero-order valence-corrected chi connectivity index (χ0v) is 12.1. The molecule has 0 unspecified atom stereocenters. The van der Waals surface area contributed by atoms with Crippen LogP contribution in [-0.2, 0) is 6.18 Å². The van der Waals surface area contributed by atoms with E-state index >= 15 is 0 Å². The number of alkyl halides is 3. The number of carbonyl (C=O) groups is 1. The van der Waals surface area contributed by atoms with Crippen LogP contribution in [0.1, 0.15) is 5.56 Å². The lowest BCUT2D eigenvalue weighted by Crippen LogP contribution is -2.49. The lowest BCUT2D eigenvalue weighted by molar-refractivity contribution is -0.137. The second-order valence-electron chi connectivity index (χ2n) is 5.09. The maximum absolute atomic E-state index is 12.6. The second kappa shape index (κ2) is 6.83. The van der Waals surface area contributed by atoms with Crippen molar-refractivity contribution in [3.05, 3.63) is 42.5 Å². The van der Waals surface area contributed by atoms with E-state index in [-0.39, 0.29) is 11.7 Å². The molecule has 0 saturated carbocycles. The third-order valence-electron chi connectivity index (χ3n) is 3.49. The highest BCUT2D eigenvalue weighted by atomic mass is 19.4. The van der Waals surface area contributed by atoms with Crippen LogP contribution in [-0.4, -0.2) is 48.6 Å². The van der Waals surface area contributed by atoms with Gasteiger partial charge in [0.2, 0.25) is 0 Å². The predicted molar refractivity (Wildman–Crippen MR) is 78.7 cm³/mol. The van der Waals surface area contributed by atoms with E-state index in [2.05, 4.69) is 16.8 Å². The smallest absolute Gasteiger partial charge is 0.322 e. The fourth-order valence-corrected chi connectivity index (χ4v) is 2.29. The average molecular weight is 313 g/mol. The Morgan fingerprint density at radius 2 is 1.95 bits per heavy atom. The third-order valence-corrected chi connectivity index (χ3v) is 3.49. The van der Waals surface area contributed by atoms with E-state index in [4.69, 9.17) is 0 Å². The fourth-order valence-electron chi connectivity index (χ4n) is 2.29. The van der Waals surface area contributed by atoms with Gasteiger partial charge in [-0.25, -0.2) is 4.79 Å². The Morgan fingerprint density at radius 3 is 2.55 bits per heavy atom. The molecule has 0 bridgehead atoms. The summed E-state index contributed by atoms with van der Waals surface area (Å²) >= 11 is 0. The minimum absolute atomic E-state index is 0.147. The number of piperazine rings is 1. The number of amides is 2. The van der Waals surface area contributed by atoms with Crippen LogP contribution in [0, 0.1) is 0 Å². The van der Waals surface area contributed by atoms with Crippen molar-refractivity contribution in [1.29, 1.82) is 0 Å². The van der Waals surface area contributed by atoms with Crippen LogP contribution in [0.2, 0.25) is 0 Å². The predicted octanol–water partition coefficient (Wildman–Crippen LogP) is 3.04. The molecule has 1 heterocycles. The van der Waals surface area contributed by atoms with Gasteiger partial charge in [0.25, 0.3) is 0 Å². The molecule has 0 aliphatic carbocycles. The summed E-state index contributed by atoms with van der Waals surface area (Å²) in [7, 11) is 0. The Morgan fingerprint density at radius 1 is 1.27 bits per heavy atom. The van der Waals surface area contributed by atoms with Gasteiger partial charge in [-0.1, -0.05) is 12.1 Å². The molecule has 2 rings (SSSR count). The van der Waals surface area contributed by atoms with Gasteiger partial charge in [-0.05, 0) is 18.2 Å². The molecular weight excluding hydrogens is 295 g/mol. The summed E-state index contributed by atoms with van der Waals surface area (Å²) in [6.45, 7) is 6.96. The van der Waals surface area contributed by atoms with Crippen molar-refractivity contribution in [2.75, 3.05) is 38.0 Å². The number of halogens is 3. The summed E-state index contributed by atoms with van der Waals surface area (Å²) < 4.78 is 37.9. The van der Waals surface area contributed by atoms with Crippen LogP contribution in [0.3, 0.4) is 0 Å². The molecule has 1 aliphatic heterocycles. The molecular formula is C15H18F3N3O. The highest BCUT2D eigenvalue weighted by Crippen LogP contribution is 2.30. The van der Waals surface area contributed by atoms with Crippen LogP contribution in [0.4, 0.5) is 23.7 Å². The summed E-state index contributed by atoms with van der Waals surface area (Å²) in [5.41, 5.74) is -0.630. The summed E-state index contributed by atoms with van der Waals surface area (Å²) in [4.78, 5) is 15.8. The molecule has 1 aromatic carbocycles. The monoisotopic (exact) mass is 313 g/mol. The van der Waals surface area contributed by atoms with Crippen LogP contribution in [0.25, 0.3) is 0 Å². The Labute approximate surface area is 127 Å². The normalized spacial score (nSPS) is 16.4. The lowest BCUT2D eigenvalue weighted by atomic mass is 10.2. The molecule has 120 valence electrons. The van der Waals surface area contributed by atoms with E-state index in [0.717, 1.165) is 31.8 Å². The fraction of sp³-hybridized carbons (Fsp3) is 0.400. The Kier molecular flexibility index (Phi) is 5.07. The van der Waals surface area contributed by atoms with Gasteiger partial charge in [0.15, 0.2) is 0 Å². The number of benzene rings is 1. The lowest BCUT2D eigenvalue weighted by Gasteiger charge is -2.34. The topological polar surface area (TPSA) is 35.6 Å². The van der Waals surface area contributed by atoms with Gasteiger partial charge in [-0.3, -0.25) is 4.90 Å². The van der Waals surface area contributed by atoms with Crippen molar-refractivity contribution in [3.8, 4) is 0 Å². The molecule has 22 heavy (non-hydrogen) atoms. The van der Waals surface area contributed by atoms with Gasteiger partial charge < -0.3 is 10.2 Å². The first-order chi connectivity index (χ1) is 10.4. The van der Waals surface area contributed by atoms with E-state index in [0.29, 0.717) is 13.1 Å². The van der Waals surface area contributed by atoms with Crippen molar-refractivity contribution < 1.29 is 18.0 Å². The number of nitrogens with zero attached hydrogens (tertiary/aromatic N) is 2. The summed E-state index contributed by atoms with van der Waals surface area (Å²) in [6, 6.07) is 4.26. The first kappa shape index (κ1) is 16.4. The minimum atomic E-state index is -4.42. The van der Waals surface area contributed by atoms with E-state index in [9.17, 15) is 18.0 Å². The highest BCUT2D eigenvalue weighted by Gasteiger charge is 2.30. The quantitative estimate of drug-likeness (QED) is 0.871. The molecule has 1 saturated heterocycles. The first-order valence-electron chi connectivity index (χ1n) is 6.96. The largest absolute Gasteiger partial charge is 0.416 e. The Hall–Kier alpha value is -2.02. The zero-order chi connectivity index (χ0) is 16.2. The molecule has 0 radical (unpaired) electrons. The number of hydrogen-bond donors (Lipinski definition) is 1. The number of anilines is 1. The number of nitrogens with one attached hydrogen (secondary N) is 1. The Balaban J connectivity index is 1.94. The first-order valence-corrected chi connectivity index (χ1v) is 6.96. The van der Waals surface area contributed by atoms with Crippen molar-refractivity contribution in [2.45, 2.75) is 6.18 Å². The van der Waals surface area contributed by atoms with E-state index < -0.39 is 11.7 Å². The molecule has 1 aliphatic rings. The van der Waals surface area contributed by atoms with Crippen molar-refractivity contribution in [1.82, 2.24) is 9.80 Å². The van der Waals surface area contributed by atoms with Gasteiger partial charge in [-0.15, -0.1) is 6.58 Å². The van der Waals surface area contributed by atoms with E-state index in [1.165, 1.54) is 12.1 Å². The third kappa shape index (κ3) is 4.24. The molecule has 1 fully saturated rings. The van der Waals surface area contributed by atoms with E-state index in [1.807, 2.05) is 0 Å². The standard InChI is InChI=1S/C15H18F3N3O/c1-2-6-20-7-9-21(10-8-20)14(22)19-13-5-3-4-12(11-13)15(16,17)18/h2-5,11H,1,6-10H2,(H,19,22). The van der Waals surface area contributed by atoms with Gasteiger partial charge in [0, 0.05) is 38.4 Å². The molecule has 0 aromatic heterocycles. The van der Waals surface area contributed by atoms with Crippen LogP contribution >= 0.6 is 0 Å². The molecule has 0 atom stereocenters. The molecule has 0 spiro atoms. The summed E-state index contributed by atoms with van der Waals surface area (Å²) in [6.07, 6.45) is -2.62. The van der Waals surface area contributed by atoms with Crippen molar-refractivity contribution in [3.63, 3.8) is 0 Å². The number of rotatable bonds is 3. The van der Waals surface area contributed by atoms with Crippen LogP contribution < -0.4 is 5.32 Å². The number of hydrogen-bond acceptors (Lipinski definition) is 2. The summed E-state index contributed by atoms with van der Waals surface area (Å²) in [5, 5.41) is 2.52. The molecule has 1 N–H and O–H groups in total. The molecule has 2 amide bonds. The molecule has 7 heteroatoms. The summed E-state index contributed by atoms with van der Waals surface area (Å²) in [5.74, 6) is 0. The molecule has 4 nitrogen and oxygen atoms in total. The molecule has 1 aromatic rings. The number of carbonyl (C=O) groups excluding carboxylic acids is 1.